The summed E-state index contributed by atoms with van der Waals surface area (Å²) >= 11 is 0. The molecule has 0 aliphatic carbocycles. The van der Waals surface area contributed by atoms with Gasteiger partial charge >= 0.3 is 0 Å². The normalized spacial score (nSPS) is 15.0. The van der Waals surface area contributed by atoms with Gasteiger partial charge in [-0.1, -0.05) is 24.8 Å². The van der Waals surface area contributed by atoms with Crippen molar-refractivity contribution in [2.75, 3.05) is 26.7 Å². The highest BCUT2D eigenvalue weighted by Crippen LogP contribution is 2.19. The molecule has 0 aromatic heterocycles. The second-order valence-corrected chi connectivity index (χ2v) is 7.07. The van der Waals surface area contributed by atoms with Gasteiger partial charge in [0.2, 0.25) is 0 Å². The van der Waals surface area contributed by atoms with Gasteiger partial charge in [0.05, 0.1) is 0 Å². The van der Waals surface area contributed by atoms with Crippen molar-refractivity contribution in [3.63, 3.8) is 0 Å². The van der Waals surface area contributed by atoms with E-state index in [0.717, 1.165) is 43.0 Å². The number of nitrogens with one attached hydrogen (secondary N) is 1. The molecule has 28 heavy (non-hydrogen) atoms. The van der Waals surface area contributed by atoms with E-state index in [-0.39, 0.29) is 5.91 Å². The van der Waals surface area contributed by atoms with Crippen molar-refractivity contribution in [1.29, 1.82) is 0 Å². The number of ether oxygens (including phenoxy) is 2. The van der Waals surface area contributed by atoms with Crippen LogP contribution in [0.2, 0.25) is 0 Å². The Morgan fingerprint density at radius 3 is 2.39 bits per heavy atom. The average molecular weight is 380 g/mol. The van der Waals surface area contributed by atoms with E-state index >= 15 is 0 Å². The van der Waals surface area contributed by atoms with Crippen LogP contribution < -0.4 is 14.8 Å². The third-order valence-corrected chi connectivity index (χ3v) is 4.83. The van der Waals surface area contributed by atoms with Crippen molar-refractivity contribution in [1.82, 2.24) is 10.2 Å². The summed E-state index contributed by atoms with van der Waals surface area (Å²) in [6, 6.07) is 15.0. The molecule has 0 unspecified atom stereocenters. The Balaban J connectivity index is 1.46. The second kappa shape index (κ2) is 9.95. The summed E-state index contributed by atoms with van der Waals surface area (Å²) in [6.45, 7) is 6.69. The van der Waals surface area contributed by atoms with Crippen LogP contribution in [0, 0.1) is 0 Å². The molecule has 1 N–H and O–H groups in total. The van der Waals surface area contributed by atoms with Crippen molar-refractivity contribution >= 4 is 5.91 Å². The van der Waals surface area contributed by atoms with Crippen molar-refractivity contribution in [2.45, 2.75) is 25.5 Å². The van der Waals surface area contributed by atoms with Crippen LogP contribution in [0.5, 0.6) is 11.5 Å². The molecule has 1 fully saturated rings. The monoisotopic (exact) mass is 380 g/mol. The average Bonchev–Trinajstić information content (AvgIpc) is 2.73. The Bertz CT molecular complexity index is 763. The number of likely N-dealkylation sites (tertiary alicyclic amines) is 1. The fraction of sp³-hybridized carbons (Fsp3) is 0.348. The van der Waals surface area contributed by atoms with Crippen LogP contribution >= 0.6 is 0 Å². The SMILES string of the molecule is C=CCOc1ccc(C(=O)NCc2ccc(OC3CCN(C)CC3)cc2)cc1. The van der Waals surface area contributed by atoms with E-state index in [2.05, 4.69) is 23.8 Å². The zero-order valence-corrected chi connectivity index (χ0v) is 16.4. The third-order valence-electron chi connectivity index (χ3n) is 4.83. The van der Waals surface area contributed by atoms with E-state index < -0.39 is 0 Å². The van der Waals surface area contributed by atoms with Crippen molar-refractivity contribution < 1.29 is 14.3 Å². The molecule has 3 rings (SSSR count). The summed E-state index contributed by atoms with van der Waals surface area (Å²) in [5.41, 5.74) is 1.64. The number of hydrogen-bond donors (Lipinski definition) is 1. The summed E-state index contributed by atoms with van der Waals surface area (Å²) in [5.74, 6) is 1.50. The maximum Gasteiger partial charge on any atom is 0.251 e. The Labute approximate surface area is 167 Å². The molecular weight excluding hydrogens is 352 g/mol. The van der Waals surface area contributed by atoms with E-state index in [1.807, 2.05) is 24.3 Å². The predicted molar refractivity (Wildman–Crippen MR) is 111 cm³/mol. The number of benzene rings is 2. The van der Waals surface area contributed by atoms with E-state index in [0.29, 0.717) is 24.8 Å². The van der Waals surface area contributed by atoms with Crippen LogP contribution in [0.25, 0.3) is 0 Å². The highest BCUT2D eigenvalue weighted by atomic mass is 16.5. The van der Waals surface area contributed by atoms with Gasteiger partial charge in [-0.2, -0.15) is 0 Å². The number of carbonyl (C=O) groups is 1. The molecule has 1 heterocycles. The highest BCUT2D eigenvalue weighted by molar-refractivity contribution is 5.94. The lowest BCUT2D eigenvalue weighted by molar-refractivity contribution is 0.0951. The molecule has 2 aromatic rings. The third kappa shape index (κ3) is 5.86. The lowest BCUT2D eigenvalue weighted by Crippen LogP contribution is -2.35. The molecule has 148 valence electrons. The summed E-state index contributed by atoms with van der Waals surface area (Å²) in [4.78, 5) is 14.6. The van der Waals surface area contributed by atoms with Gasteiger partial charge in [0.1, 0.15) is 24.2 Å². The number of carbonyl (C=O) groups excluding carboxylic acids is 1. The van der Waals surface area contributed by atoms with E-state index in [4.69, 9.17) is 9.47 Å². The quantitative estimate of drug-likeness (QED) is 0.710. The first-order valence-electron chi connectivity index (χ1n) is 9.70. The highest BCUT2D eigenvalue weighted by Gasteiger charge is 2.17. The molecule has 1 saturated heterocycles. The van der Waals surface area contributed by atoms with Gasteiger partial charge in [0.25, 0.3) is 5.91 Å². The van der Waals surface area contributed by atoms with Crippen LogP contribution in [0.3, 0.4) is 0 Å². The van der Waals surface area contributed by atoms with Crippen LogP contribution in [0.4, 0.5) is 0 Å². The number of nitrogens with zero attached hydrogens (tertiary/aromatic N) is 1. The molecule has 0 bridgehead atoms. The van der Waals surface area contributed by atoms with Crippen molar-refractivity contribution in [3.8, 4) is 11.5 Å². The maximum absolute atomic E-state index is 12.3. The molecule has 0 radical (unpaired) electrons. The zero-order chi connectivity index (χ0) is 19.8. The minimum atomic E-state index is -0.109. The summed E-state index contributed by atoms with van der Waals surface area (Å²) in [5, 5.41) is 2.94. The predicted octanol–water partition coefficient (Wildman–Crippen LogP) is 3.65. The Kier molecular flexibility index (Phi) is 7.09. The fourth-order valence-electron chi connectivity index (χ4n) is 3.12. The molecule has 0 atom stereocenters. The van der Waals surface area contributed by atoms with Crippen LogP contribution in [-0.2, 0) is 6.54 Å². The van der Waals surface area contributed by atoms with Crippen molar-refractivity contribution in [3.05, 3.63) is 72.3 Å². The van der Waals surface area contributed by atoms with Gasteiger partial charge in [0.15, 0.2) is 0 Å². The molecule has 0 spiro atoms. The fourth-order valence-corrected chi connectivity index (χ4v) is 3.12. The number of rotatable bonds is 8. The second-order valence-electron chi connectivity index (χ2n) is 7.07. The minimum absolute atomic E-state index is 0.109. The van der Waals surface area contributed by atoms with Crippen molar-refractivity contribution in [2.24, 2.45) is 0 Å². The summed E-state index contributed by atoms with van der Waals surface area (Å²) < 4.78 is 11.5. The summed E-state index contributed by atoms with van der Waals surface area (Å²) in [6.07, 6.45) is 4.10. The van der Waals surface area contributed by atoms with Crippen LogP contribution in [0.15, 0.2) is 61.2 Å². The Hall–Kier alpha value is -2.79. The Morgan fingerprint density at radius 2 is 1.75 bits per heavy atom. The van der Waals surface area contributed by atoms with Gasteiger partial charge in [-0.05, 0) is 61.9 Å². The standard InChI is InChI=1S/C23H28N2O3/c1-3-16-27-20-10-6-19(7-11-20)23(26)24-17-18-4-8-21(9-5-18)28-22-12-14-25(2)15-13-22/h3-11,22H,1,12-17H2,2H3,(H,24,26). The molecule has 2 aromatic carbocycles. The number of hydrogen-bond acceptors (Lipinski definition) is 4. The van der Waals surface area contributed by atoms with Gasteiger partial charge in [-0.15, -0.1) is 0 Å². The number of piperidine rings is 1. The molecule has 1 aliphatic rings. The zero-order valence-electron chi connectivity index (χ0n) is 16.4. The molecule has 1 aliphatic heterocycles. The minimum Gasteiger partial charge on any atom is -0.490 e. The molecule has 5 heteroatoms. The van der Waals surface area contributed by atoms with E-state index in [1.165, 1.54) is 0 Å². The topological polar surface area (TPSA) is 50.8 Å². The maximum atomic E-state index is 12.3. The smallest absolute Gasteiger partial charge is 0.251 e. The van der Waals surface area contributed by atoms with Gasteiger partial charge in [-0.3, -0.25) is 4.79 Å². The molecule has 5 nitrogen and oxygen atoms in total. The first-order valence-corrected chi connectivity index (χ1v) is 9.70. The van der Waals surface area contributed by atoms with E-state index in [9.17, 15) is 4.79 Å². The lowest BCUT2D eigenvalue weighted by atomic mass is 10.1. The molecular formula is C23H28N2O3. The first-order chi connectivity index (χ1) is 13.6. The van der Waals surface area contributed by atoms with Gasteiger partial charge in [0, 0.05) is 25.2 Å². The van der Waals surface area contributed by atoms with E-state index in [1.54, 1.807) is 30.3 Å². The molecule has 1 amide bonds. The lowest BCUT2D eigenvalue weighted by Gasteiger charge is -2.29. The number of amides is 1. The Morgan fingerprint density at radius 1 is 1.11 bits per heavy atom. The first kappa shape index (κ1) is 20.0. The van der Waals surface area contributed by atoms with Gasteiger partial charge < -0.3 is 19.7 Å². The summed E-state index contributed by atoms with van der Waals surface area (Å²) in [7, 11) is 2.14. The largest absolute Gasteiger partial charge is 0.490 e. The van der Waals surface area contributed by atoms with Gasteiger partial charge in [-0.25, -0.2) is 0 Å². The van der Waals surface area contributed by atoms with Crippen LogP contribution in [0.1, 0.15) is 28.8 Å². The van der Waals surface area contributed by atoms with Crippen LogP contribution in [-0.4, -0.2) is 43.7 Å². The molecule has 0 saturated carbocycles.